The smallest absolute Gasteiger partial charge is 0.127 e. The minimum absolute atomic E-state index is 0.861. The first kappa shape index (κ1) is 18.1. The Morgan fingerprint density at radius 1 is 0.786 bits per heavy atom. The fourth-order valence-electron chi connectivity index (χ4n) is 3.56. The van der Waals surface area contributed by atoms with E-state index in [2.05, 4.69) is 55.5 Å². The van der Waals surface area contributed by atoms with Crippen LogP contribution in [0.1, 0.15) is 24.0 Å². The Balaban J connectivity index is 1.73. The van der Waals surface area contributed by atoms with E-state index in [0.29, 0.717) is 0 Å². The molecule has 0 aromatic heterocycles. The Hall–Kier alpha value is -3.26. The number of hydrogen-bond acceptors (Lipinski definition) is 2. The minimum atomic E-state index is 0.861. The number of rotatable bonds is 5. The van der Waals surface area contributed by atoms with Gasteiger partial charge in [0.2, 0.25) is 0 Å². The summed E-state index contributed by atoms with van der Waals surface area (Å²) in [6, 6.07) is 24.9. The number of hydrogen-bond donors (Lipinski definition) is 0. The van der Waals surface area contributed by atoms with Gasteiger partial charge in [-0.25, -0.2) is 0 Å². The van der Waals surface area contributed by atoms with E-state index in [4.69, 9.17) is 9.47 Å². The van der Waals surface area contributed by atoms with Crippen molar-refractivity contribution >= 4 is 5.57 Å². The van der Waals surface area contributed by atoms with Gasteiger partial charge in [-0.1, -0.05) is 54.1 Å². The molecule has 0 saturated carbocycles. The van der Waals surface area contributed by atoms with E-state index < -0.39 is 0 Å². The van der Waals surface area contributed by atoms with E-state index in [9.17, 15) is 0 Å². The lowest BCUT2D eigenvalue weighted by atomic mass is 9.89. The van der Waals surface area contributed by atoms with Gasteiger partial charge in [0.05, 0.1) is 7.11 Å². The van der Waals surface area contributed by atoms with Crippen LogP contribution in [-0.4, -0.2) is 7.11 Å². The number of allylic oxidation sites excluding steroid dienone is 3. The summed E-state index contributed by atoms with van der Waals surface area (Å²) >= 11 is 0. The van der Waals surface area contributed by atoms with Gasteiger partial charge in [0.15, 0.2) is 0 Å². The molecule has 4 rings (SSSR count). The van der Waals surface area contributed by atoms with Gasteiger partial charge in [0.25, 0.3) is 0 Å². The Kier molecular flexibility index (Phi) is 5.29. The standard InChI is InChI=1S/C26H24O2/c1-19-8-6-9-20(16-19)26-18-23(27-2)14-15-25(26)21-10-7-13-24(17-21)28-22-11-4-3-5-12-22/h3-6,8-9,11-18H,7,10H2,1-2H3. The number of para-hydroxylation sites is 1. The summed E-state index contributed by atoms with van der Waals surface area (Å²) in [4.78, 5) is 0. The van der Waals surface area contributed by atoms with Crippen LogP contribution in [0, 0.1) is 6.92 Å². The molecule has 2 nitrogen and oxygen atoms in total. The molecule has 0 amide bonds. The SMILES string of the molecule is COc1ccc(C2=CC(Oc3ccccc3)=CCC2)c(-c2cccc(C)c2)c1. The molecule has 0 aliphatic heterocycles. The van der Waals surface area contributed by atoms with Crippen LogP contribution in [0.25, 0.3) is 16.7 Å². The summed E-state index contributed by atoms with van der Waals surface area (Å²) in [7, 11) is 1.71. The van der Waals surface area contributed by atoms with Gasteiger partial charge in [0, 0.05) is 0 Å². The molecule has 0 radical (unpaired) electrons. The molecule has 28 heavy (non-hydrogen) atoms. The number of ether oxygens (including phenoxy) is 2. The topological polar surface area (TPSA) is 18.5 Å². The average molecular weight is 368 g/mol. The molecule has 0 atom stereocenters. The molecule has 0 unspecified atom stereocenters. The van der Waals surface area contributed by atoms with E-state index in [1.54, 1.807) is 7.11 Å². The number of methoxy groups -OCH3 is 1. The molecule has 1 aliphatic carbocycles. The fourth-order valence-corrected chi connectivity index (χ4v) is 3.56. The summed E-state index contributed by atoms with van der Waals surface area (Å²) in [6.07, 6.45) is 6.28. The quantitative estimate of drug-likeness (QED) is 0.492. The van der Waals surface area contributed by atoms with E-state index in [0.717, 1.165) is 30.1 Å². The largest absolute Gasteiger partial charge is 0.497 e. The van der Waals surface area contributed by atoms with Crippen molar-refractivity contribution < 1.29 is 9.47 Å². The molecule has 0 saturated heterocycles. The van der Waals surface area contributed by atoms with Crippen LogP contribution in [-0.2, 0) is 0 Å². The Morgan fingerprint density at radius 3 is 2.43 bits per heavy atom. The molecule has 0 N–H and O–H groups in total. The van der Waals surface area contributed by atoms with Crippen molar-refractivity contribution in [3.05, 3.63) is 102 Å². The van der Waals surface area contributed by atoms with Crippen LogP contribution in [0.3, 0.4) is 0 Å². The van der Waals surface area contributed by atoms with Gasteiger partial charge < -0.3 is 9.47 Å². The Labute approximate surface area is 166 Å². The third kappa shape index (κ3) is 4.01. The summed E-state index contributed by atoms with van der Waals surface area (Å²) in [5, 5.41) is 0. The van der Waals surface area contributed by atoms with Gasteiger partial charge in [0.1, 0.15) is 17.3 Å². The second-order valence-electron chi connectivity index (χ2n) is 7.01. The molecule has 2 heteroatoms. The first-order valence-electron chi connectivity index (χ1n) is 9.62. The van der Waals surface area contributed by atoms with Gasteiger partial charge >= 0.3 is 0 Å². The van der Waals surface area contributed by atoms with Crippen LogP contribution in [0.2, 0.25) is 0 Å². The first-order chi connectivity index (χ1) is 13.7. The third-order valence-electron chi connectivity index (χ3n) is 4.96. The highest BCUT2D eigenvalue weighted by Crippen LogP contribution is 2.37. The molecule has 3 aromatic rings. The highest BCUT2D eigenvalue weighted by Gasteiger charge is 2.15. The van der Waals surface area contributed by atoms with Crippen molar-refractivity contribution in [1.29, 1.82) is 0 Å². The predicted octanol–water partition coefficient (Wildman–Crippen LogP) is 6.81. The van der Waals surface area contributed by atoms with Crippen LogP contribution < -0.4 is 9.47 Å². The van der Waals surface area contributed by atoms with Crippen molar-refractivity contribution in [3.63, 3.8) is 0 Å². The monoisotopic (exact) mass is 368 g/mol. The van der Waals surface area contributed by atoms with Crippen molar-refractivity contribution in [1.82, 2.24) is 0 Å². The maximum absolute atomic E-state index is 6.08. The van der Waals surface area contributed by atoms with E-state index in [1.807, 2.05) is 36.4 Å². The van der Waals surface area contributed by atoms with Crippen LogP contribution in [0.5, 0.6) is 11.5 Å². The van der Waals surface area contributed by atoms with E-state index in [1.165, 1.54) is 27.8 Å². The average Bonchev–Trinajstić information content (AvgIpc) is 2.74. The van der Waals surface area contributed by atoms with Crippen LogP contribution in [0.15, 0.2) is 90.7 Å². The lowest BCUT2D eigenvalue weighted by Crippen LogP contribution is -2.00. The Bertz CT molecular complexity index is 1030. The summed E-state index contributed by atoms with van der Waals surface area (Å²) in [6.45, 7) is 2.12. The highest BCUT2D eigenvalue weighted by molar-refractivity contribution is 5.83. The molecule has 140 valence electrons. The minimum Gasteiger partial charge on any atom is -0.497 e. The van der Waals surface area contributed by atoms with Crippen LogP contribution in [0.4, 0.5) is 0 Å². The zero-order valence-electron chi connectivity index (χ0n) is 16.3. The lowest BCUT2D eigenvalue weighted by Gasteiger charge is -2.19. The number of benzene rings is 3. The van der Waals surface area contributed by atoms with Crippen molar-refractivity contribution in [2.24, 2.45) is 0 Å². The zero-order valence-corrected chi connectivity index (χ0v) is 16.3. The highest BCUT2D eigenvalue weighted by atomic mass is 16.5. The summed E-state index contributed by atoms with van der Waals surface area (Å²) in [5.41, 5.74) is 6.16. The molecule has 3 aromatic carbocycles. The van der Waals surface area contributed by atoms with Gasteiger partial charge in [-0.2, -0.15) is 0 Å². The fraction of sp³-hybridized carbons (Fsp3) is 0.154. The molecular formula is C26H24O2. The Morgan fingerprint density at radius 2 is 1.64 bits per heavy atom. The predicted molar refractivity (Wildman–Crippen MR) is 116 cm³/mol. The molecular weight excluding hydrogens is 344 g/mol. The van der Waals surface area contributed by atoms with Gasteiger partial charge in [-0.05, 0) is 78.4 Å². The summed E-state index contributed by atoms with van der Waals surface area (Å²) in [5.74, 6) is 2.63. The van der Waals surface area contributed by atoms with E-state index >= 15 is 0 Å². The van der Waals surface area contributed by atoms with Crippen molar-refractivity contribution in [2.75, 3.05) is 7.11 Å². The van der Waals surface area contributed by atoms with Crippen molar-refractivity contribution in [3.8, 4) is 22.6 Å². The molecule has 0 bridgehead atoms. The zero-order chi connectivity index (χ0) is 19.3. The maximum atomic E-state index is 6.08. The molecule has 0 heterocycles. The molecule has 0 fully saturated rings. The molecule has 1 aliphatic rings. The van der Waals surface area contributed by atoms with Crippen LogP contribution >= 0.6 is 0 Å². The second-order valence-corrected chi connectivity index (χ2v) is 7.01. The maximum Gasteiger partial charge on any atom is 0.127 e. The third-order valence-corrected chi connectivity index (χ3v) is 4.96. The summed E-state index contributed by atoms with van der Waals surface area (Å²) < 4.78 is 11.6. The molecule has 0 spiro atoms. The van der Waals surface area contributed by atoms with E-state index in [-0.39, 0.29) is 0 Å². The van der Waals surface area contributed by atoms with Gasteiger partial charge in [-0.15, -0.1) is 0 Å². The van der Waals surface area contributed by atoms with Gasteiger partial charge in [-0.3, -0.25) is 0 Å². The lowest BCUT2D eigenvalue weighted by molar-refractivity contribution is 0.415. The number of aryl methyl sites for hydroxylation is 1. The first-order valence-corrected chi connectivity index (χ1v) is 9.62. The van der Waals surface area contributed by atoms with Crippen molar-refractivity contribution in [2.45, 2.75) is 19.8 Å². The normalized spacial score (nSPS) is 13.5. The second kappa shape index (κ2) is 8.18.